The summed E-state index contributed by atoms with van der Waals surface area (Å²) >= 11 is 0. The van der Waals surface area contributed by atoms with Gasteiger partial charge in [-0.25, -0.2) is 0 Å². The number of carbonyl (C=O) groups is 1. The van der Waals surface area contributed by atoms with Crippen molar-refractivity contribution in [3.05, 3.63) is 0 Å². The first kappa shape index (κ1) is 15.7. The summed E-state index contributed by atoms with van der Waals surface area (Å²) in [6, 6.07) is 0. The van der Waals surface area contributed by atoms with Gasteiger partial charge < -0.3 is 9.53 Å². The lowest BCUT2D eigenvalue weighted by Gasteiger charge is -2.37. The third-order valence-electron chi connectivity index (χ3n) is 4.76. The number of methoxy groups -OCH3 is 1. The van der Waals surface area contributed by atoms with Crippen molar-refractivity contribution in [3.63, 3.8) is 0 Å². The summed E-state index contributed by atoms with van der Waals surface area (Å²) < 4.78 is 5.81. The molecule has 18 heavy (non-hydrogen) atoms. The number of ether oxygens (including phenoxy) is 1. The predicted molar refractivity (Wildman–Crippen MR) is 75.6 cm³/mol. The molecule has 1 fully saturated rings. The molecule has 1 rings (SSSR count). The Bertz CT molecular complexity index is 249. The number of unbranched alkanes of at least 4 members (excludes halogenated alkanes) is 1. The molecule has 0 aromatic heterocycles. The van der Waals surface area contributed by atoms with Gasteiger partial charge >= 0.3 is 0 Å². The van der Waals surface area contributed by atoms with Crippen molar-refractivity contribution in [2.24, 2.45) is 17.8 Å². The van der Waals surface area contributed by atoms with Crippen LogP contribution >= 0.6 is 0 Å². The molecule has 2 heteroatoms. The molecule has 1 aliphatic rings. The van der Waals surface area contributed by atoms with Gasteiger partial charge in [-0.05, 0) is 31.1 Å². The van der Waals surface area contributed by atoms with Crippen molar-refractivity contribution >= 4 is 6.29 Å². The van der Waals surface area contributed by atoms with E-state index in [-0.39, 0.29) is 11.5 Å². The number of hydrogen-bond donors (Lipinski definition) is 0. The van der Waals surface area contributed by atoms with Crippen molar-refractivity contribution < 1.29 is 9.53 Å². The number of hydrogen-bond acceptors (Lipinski definition) is 2. The Morgan fingerprint density at radius 2 is 2.00 bits per heavy atom. The minimum Gasteiger partial charge on any atom is -0.377 e. The molecule has 106 valence electrons. The molecule has 0 aromatic carbocycles. The van der Waals surface area contributed by atoms with Crippen LogP contribution in [0.1, 0.15) is 65.7 Å². The first-order chi connectivity index (χ1) is 8.56. The minimum absolute atomic E-state index is 0.0900. The van der Waals surface area contributed by atoms with Gasteiger partial charge in [-0.1, -0.05) is 46.5 Å². The fraction of sp³-hybridized carbons (Fsp3) is 0.938. The van der Waals surface area contributed by atoms with Crippen LogP contribution in [0.15, 0.2) is 0 Å². The summed E-state index contributed by atoms with van der Waals surface area (Å²) in [5.41, 5.74) is -0.167. The lowest BCUT2D eigenvalue weighted by Crippen LogP contribution is -2.43. The van der Waals surface area contributed by atoms with Crippen LogP contribution in [0.3, 0.4) is 0 Å². The third-order valence-corrected chi connectivity index (χ3v) is 4.76. The molecular formula is C16H30O2. The summed E-state index contributed by atoms with van der Waals surface area (Å²) in [6.45, 7) is 6.75. The minimum atomic E-state index is -0.167. The van der Waals surface area contributed by atoms with E-state index >= 15 is 0 Å². The van der Waals surface area contributed by atoms with Crippen LogP contribution in [0.4, 0.5) is 0 Å². The Morgan fingerprint density at radius 3 is 2.44 bits per heavy atom. The zero-order valence-corrected chi connectivity index (χ0v) is 12.6. The first-order valence-corrected chi connectivity index (χ1v) is 7.57. The van der Waals surface area contributed by atoms with Gasteiger partial charge in [0.15, 0.2) is 0 Å². The van der Waals surface area contributed by atoms with Gasteiger partial charge in [0.2, 0.25) is 0 Å². The lowest BCUT2D eigenvalue weighted by atomic mass is 9.77. The molecule has 0 bridgehead atoms. The molecule has 0 spiro atoms. The molecule has 0 amide bonds. The molecule has 0 N–H and O–H groups in total. The molecule has 3 atom stereocenters. The van der Waals surface area contributed by atoms with Crippen LogP contribution in [-0.2, 0) is 9.53 Å². The topological polar surface area (TPSA) is 26.3 Å². The van der Waals surface area contributed by atoms with Crippen LogP contribution in [0.25, 0.3) is 0 Å². The highest BCUT2D eigenvalue weighted by molar-refractivity contribution is 5.56. The summed E-state index contributed by atoms with van der Waals surface area (Å²) in [5, 5.41) is 0. The van der Waals surface area contributed by atoms with E-state index in [1.54, 1.807) is 7.11 Å². The molecule has 1 saturated carbocycles. The molecule has 0 heterocycles. The van der Waals surface area contributed by atoms with Gasteiger partial charge in [0.05, 0.1) is 5.60 Å². The third kappa shape index (κ3) is 3.57. The zero-order valence-electron chi connectivity index (χ0n) is 12.6. The molecule has 3 unspecified atom stereocenters. The molecular weight excluding hydrogens is 224 g/mol. The van der Waals surface area contributed by atoms with Crippen molar-refractivity contribution in [1.82, 2.24) is 0 Å². The SMILES string of the molecule is COC1(C(C=O)CCCCC(C)C)CCCC1C. The second-order valence-electron chi connectivity index (χ2n) is 6.37. The molecule has 0 radical (unpaired) electrons. The maximum Gasteiger partial charge on any atom is 0.125 e. The summed E-state index contributed by atoms with van der Waals surface area (Å²) in [4.78, 5) is 11.4. The highest BCUT2D eigenvalue weighted by Gasteiger charge is 2.46. The maximum atomic E-state index is 11.4. The number of carbonyl (C=O) groups excluding carboxylic acids is 1. The van der Waals surface area contributed by atoms with E-state index in [1.165, 1.54) is 25.7 Å². The van der Waals surface area contributed by atoms with Crippen molar-refractivity contribution in [2.45, 2.75) is 71.3 Å². The van der Waals surface area contributed by atoms with Crippen LogP contribution in [0.5, 0.6) is 0 Å². The van der Waals surface area contributed by atoms with E-state index < -0.39 is 0 Å². The summed E-state index contributed by atoms with van der Waals surface area (Å²) in [6.07, 6.45) is 9.25. The van der Waals surface area contributed by atoms with Crippen LogP contribution < -0.4 is 0 Å². The van der Waals surface area contributed by atoms with Gasteiger partial charge in [0, 0.05) is 13.0 Å². The van der Waals surface area contributed by atoms with Gasteiger partial charge in [-0.15, -0.1) is 0 Å². The van der Waals surface area contributed by atoms with E-state index in [0.29, 0.717) is 5.92 Å². The first-order valence-electron chi connectivity index (χ1n) is 7.57. The van der Waals surface area contributed by atoms with Gasteiger partial charge in [0.25, 0.3) is 0 Å². The summed E-state index contributed by atoms with van der Waals surface area (Å²) in [5.74, 6) is 1.37. The van der Waals surface area contributed by atoms with E-state index in [0.717, 1.165) is 31.5 Å². The highest BCUT2D eigenvalue weighted by Crippen LogP contribution is 2.44. The van der Waals surface area contributed by atoms with E-state index in [2.05, 4.69) is 20.8 Å². The number of rotatable bonds is 8. The molecule has 0 aromatic rings. The van der Waals surface area contributed by atoms with Crippen molar-refractivity contribution in [3.8, 4) is 0 Å². The van der Waals surface area contributed by atoms with Crippen LogP contribution in [0, 0.1) is 17.8 Å². The molecule has 0 aliphatic heterocycles. The second kappa shape index (κ2) is 7.28. The normalized spacial score (nSPS) is 29.7. The largest absolute Gasteiger partial charge is 0.377 e. The Kier molecular flexibility index (Phi) is 6.34. The van der Waals surface area contributed by atoms with Gasteiger partial charge in [-0.3, -0.25) is 0 Å². The fourth-order valence-electron chi connectivity index (χ4n) is 3.53. The average Bonchev–Trinajstić information content (AvgIpc) is 2.71. The van der Waals surface area contributed by atoms with E-state index in [1.807, 2.05) is 0 Å². The second-order valence-corrected chi connectivity index (χ2v) is 6.37. The zero-order chi connectivity index (χ0) is 13.6. The van der Waals surface area contributed by atoms with Crippen molar-refractivity contribution in [1.29, 1.82) is 0 Å². The fourth-order valence-corrected chi connectivity index (χ4v) is 3.53. The Hall–Kier alpha value is -0.370. The molecule has 1 aliphatic carbocycles. The Morgan fingerprint density at radius 1 is 1.33 bits per heavy atom. The van der Waals surface area contributed by atoms with E-state index in [4.69, 9.17) is 4.74 Å². The number of aldehydes is 1. The Labute approximate surface area is 112 Å². The summed E-state index contributed by atoms with van der Waals surface area (Å²) in [7, 11) is 1.78. The predicted octanol–water partition coefficient (Wildman–Crippen LogP) is 4.22. The highest BCUT2D eigenvalue weighted by atomic mass is 16.5. The van der Waals surface area contributed by atoms with Gasteiger partial charge in [-0.2, -0.15) is 0 Å². The smallest absolute Gasteiger partial charge is 0.125 e. The molecule has 2 nitrogen and oxygen atoms in total. The van der Waals surface area contributed by atoms with Crippen molar-refractivity contribution in [2.75, 3.05) is 7.11 Å². The standard InChI is InChI=1S/C16H30O2/c1-13(2)8-5-6-10-15(12-17)16(18-4)11-7-9-14(16)3/h12-15H,5-11H2,1-4H3. The van der Waals surface area contributed by atoms with E-state index in [9.17, 15) is 4.79 Å². The maximum absolute atomic E-state index is 11.4. The average molecular weight is 254 g/mol. The Balaban J connectivity index is 2.51. The molecule has 0 saturated heterocycles. The van der Waals surface area contributed by atoms with Crippen LogP contribution in [-0.4, -0.2) is 19.0 Å². The monoisotopic (exact) mass is 254 g/mol. The lowest BCUT2D eigenvalue weighted by molar-refractivity contribution is -0.129. The van der Waals surface area contributed by atoms with Gasteiger partial charge in [0.1, 0.15) is 6.29 Å². The van der Waals surface area contributed by atoms with Crippen LogP contribution in [0.2, 0.25) is 0 Å². The quantitative estimate of drug-likeness (QED) is 0.479.